The maximum Gasteiger partial charge on any atom is 0.251 e. The van der Waals surface area contributed by atoms with Crippen LogP contribution in [0.2, 0.25) is 0 Å². The van der Waals surface area contributed by atoms with E-state index >= 15 is 0 Å². The number of carbonyl (C=O) groups is 2. The van der Waals surface area contributed by atoms with E-state index in [1.807, 2.05) is 20.8 Å². The fraction of sp³-hybridized carbons (Fsp3) is 0.692. The van der Waals surface area contributed by atoms with E-state index in [-0.39, 0.29) is 53.0 Å². The van der Waals surface area contributed by atoms with Gasteiger partial charge in [-0.25, -0.2) is 0 Å². The van der Waals surface area contributed by atoms with Crippen LogP contribution in [0.25, 0.3) is 0 Å². The highest BCUT2D eigenvalue weighted by atomic mass is 16.5. The monoisotopic (exact) mass is 444 g/mol. The molecule has 0 saturated heterocycles. The normalized spacial score (nSPS) is 33.2. The number of amides is 2. The van der Waals surface area contributed by atoms with Gasteiger partial charge in [-0.2, -0.15) is 0 Å². The summed E-state index contributed by atoms with van der Waals surface area (Å²) >= 11 is 0. The van der Waals surface area contributed by atoms with Crippen LogP contribution in [-0.2, 0) is 4.79 Å². The molecule has 0 radical (unpaired) electrons. The molecule has 2 amide bonds. The van der Waals surface area contributed by atoms with Crippen LogP contribution >= 0.6 is 0 Å². The maximum absolute atomic E-state index is 12.9. The standard InChI is InChI=1S/C26H40N2O4/c1-15(2)27-24(30)16(3)20-11-13-26(5)14-12-21(17(4)22(26)23(20)29)28-25(31)18-7-9-19(32-6)10-8-18/h7-10,15-17,20-23,29H,11-14H2,1-6H3,(H,27,30)(H,28,31)/t16-,17+,20?,21-,22+,23-,26-/m0/s1. The summed E-state index contributed by atoms with van der Waals surface area (Å²) in [5.41, 5.74) is 0.637. The van der Waals surface area contributed by atoms with E-state index in [1.54, 1.807) is 31.4 Å². The number of aliphatic hydroxyl groups is 1. The van der Waals surface area contributed by atoms with Gasteiger partial charge in [0.2, 0.25) is 5.91 Å². The van der Waals surface area contributed by atoms with Crippen molar-refractivity contribution in [1.82, 2.24) is 10.6 Å². The number of hydrogen-bond acceptors (Lipinski definition) is 4. The first-order valence-electron chi connectivity index (χ1n) is 12.0. The molecule has 3 N–H and O–H groups in total. The second-order valence-corrected chi connectivity index (χ2v) is 10.5. The zero-order valence-corrected chi connectivity index (χ0v) is 20.4. The molecule has 3 rings (SSSR count). The Bertz CT molecular complexity index is 809. The molecule has 0 aliphatic heterocycles. The minimum Gasteiger partial charge on any atom is -0.497 e. The molecule has 1 unspecified atom stereocenters. The van der Waals surface area contributed by atoms with E-state index in [0.717, 1.165) is 31.4 Å². The second-order valence-electron chi connectivity index (χ2n) is 10.5. The first-order valence-corrected chi connectivity index (χ1v) is 12.0. The van der Waals surface area contributed by atoms with Crippen LogP contribution < -0.4 is 15.4 Å². The molecule has 2 saturated carbocycles. The molecule has 6 heteroatoms. The van der Waals surface area contributed by atoms with E-state index < -0.39 is 6.10 Å². The summed E-state index contributed by atoms with van der Waals surface area (Å²) in [5, 5.41) is 17.7. The summed E-state index contributed by atoms with van der Waals surface area (Å²) in [6, 6.07) is 7.20. The topological polar surface area (TPSA) is 87.7 Å². The number of ether oxygens (including phenoxy) is 1. The molecule has 32 heavy (non-hydrogen) atoms. The summed E-state index contributed by atoms with van der Waals surface area (Å²) in [5.74, 6) is 0.499. The van der Waals surface area contributed by atoms with Crippen molar-refractivity contribution in [3.63, 3.8) is 0 Å². The quantitative estimate of drug-likeness (QED) is 0.623. The van der Waals surface area contributed by atoms with Gasteiger partial charge in [0.1, 0.15) is 5.75 Å². The van der Waals surface area contributed by atoms with Gasteiger partial charge in [-0.15, -0.1) is 0 Å². The summed E-state index contributed by atoms with van der Waals surface area (Å²) in [6.45, 7) is 10.3. The molecule has 0 bridgehead atoms. The minimum absolute atomic E-state index is 0.00382. The fourth-order valence-corrected chi connectivity index (χ4v) is 6.10. The van der Waals surface area contributed by atoms with Crippen molar-refractivity contribution in [1.29, 1.82) is 0 Å². The highest BCUT2D eigenvalue weighted by Crippen LogP contribution is 2.55. The third kappa shape index (κ3) is 4.95. The Hall–Kier alpha value is -2.08. The SMILES string of the molecule is COc1ccc(C(=O)N[C@H]2CC[C@]3(C)CCC([C@H](C)C(=O)NC(C)C)[C@H](O)[C@H]3[C@@H]2C)cc1. The van der Waals surface area contributed by atoms with Crippen molar-refractivity contribution in [3.05, 3.63) is 29.8 Å². The van der Waals surface area contributed by atoms with Gasteiger partial charge >= 0.3 is 0 Å². The molecule has 2 aliphatic carbocycles. The van der Waals surface area contributed by atoms with Crippen LogP contribution in [0.15, 0.2) is 24.3 Å². The van der Waals surface area contributed by atoms with Crippen LogP contribution in [0.3, 0.4) is 0 Å². The molecule has 0 heterocycles. The van der Waals surface area contributed by atoms with Crippen LogP contribution in [0, 0.1) is 29.1 Å². The van der Waals surface area contributed by atoms with Gasteiger partial charge in [-0.3, -0.25) is 9.59 Å². The summed E-state index contributed by atoms with van der Waals surface area (Å²) in [6.07, 6.45) is 3.17. The lowest BCUT2D eigenvalue weighted by Crippen LogP contribution is -2.58. The van der Waals surface area contributed by atoms with Gasteiger partial charge in [0, 0.05) is 23.6 Å². The van der Waals surface area contributed by atoms with E-state index in [0.29, 0.717) is 5.56 Å². The number of hydrogen-bond donors (Lipinski definition) is 3. The van der Waals surface area contributed by atoms with Crippen LogP contribution in [0.4, 0.5) is 0 Å². The smallest absolute Gasteiger partial charge is 0.251 e. The van der Waals surface area contributed by atoms with Gasteiger partial charge in [-0.1, -0.05) is 20.8 Å². The predicted octanol–water partition coefficient (Wildman–Crippen LogP) is 3.78. The van der Waals surface area contributed by atoms with Gasteiger partial charge in [0.15, 0.2) is 0 Å². The number of aliphatic hydroxyl groups excluding tert-OH is 1. The lowest BCUT2D eigenvalue weighted by molar-refractivity contribution is -0.142. The minimum atomic E-state index is -0.558. The van der Waals surface area contributed by atoms with Crippen molar-refractivity contribution < 1.29 is 19.4 Å². The number of benzene rings is 1. The van der Waals surface area contributed by atoms with Crippen LogP contribution in [0.1, 0.15) is 70.7 Å². The van der Waals surface area contributed by atoms with Crippen molar-refractivity contribution in [2.45, 2.75) is 78.5 Å². The average Bonchev–Trinajstić information content (AvgIpc) is 2.75. The molecular weight excluding hydrogens is 404 g/mol. The predicted molar refractivity (Wildman–Crippen MR) is 125 cm³/mol. The molecule has 0 spiro atoms. The van der Waals surface area contributed by atoms with E-state index in [4.69, 9.17) is 4.74 Å². The van der Waals surface area contributed by atoms with Crippen molar-refractivity contribution in [2.75, 3.05) is 7.11 Å². The Morgan fingerprint density at radius 1 is 1.12 bits per heavy atom. The first kappa shape index (κ1) is 24.6. The Morgan fingerprint density at radius 2 is 1.75 bits per heavy atom. The van der Waals surface area contributed by atoms with E-state index in [2.05, 4.69) is 24.5 Å². The Balaban J connectivity index is 1.72. The van der Waals surface area contributed by atoms with Crippen molar-refractivity contribution >= 4 is 11.8 Å². The van der Waals surface area contributed by atoms with E-state index in [9.17, 15) is 14.7 Å². The summed E-state index contributed by atoms with van der Waals surface area (Å²) in [7, 11) is 1.60. The van der Waals surface area contributed by atoms with E-state index in [1.165, 1.54) is 0 Å². The lowest BCUT2D eigenvalue weighted by Gasteiger charge is -2.56. The van der Waals surface area contributed by atoms with Crippen LogP contribution in [0.5, 0.6) is 5.75 Å². The highest BCUT2D eigenvalue weighted by Gasteiger charge is 2.53. The third-order valence-electron chi connectivity index (χ3n) is 8.04. The van der Waals surface area contributed by atoms with Gasteiger partial charge in [-0.05, 0) is 87.0 Å². The van der Waals surface area contributed by atoms with Crippen molar-refractivity contribution in [2.24, 2.45) is 29.1 Å². The number of methoxy groups -OCH3 is 1. The van der Waals surface area contributed by atoms with Crippen molar-refractivity contribution in [3.8, 4) is 5.75 Å². The maximum atomic E-state index is 12.9. The zero-order valence-electron chi connectivity index (χ0n) is 20.4. The Morgan fingerprint density at radius 3 is 2.34 bits per heavy atom. The molecule has 2 fully saturated rings. The lowest BCUT2D eigenvalue weighted by atomic mass is 9.51. The second kappa shape index (κ2) is 9.82. The fourth-order valence-electron chi connectivity index (χ4n) is 6.10. The first-order chi connectivity index (χ1) is 15.1. The molecule has 6 nitrogen and oxygen atoms in total. The molecule has 2 aliphatic rings. The molecule has 178 valence electrons. The molecule has 7 atom stereocenters. The molecule has 0 aromatic heterocycles. The highest BCUT2D eigenvalue weighted by molar-refractivity contribution is 5.94. The average molecular weight is 445 g/mol. The van der Waals surface area contributed by atoms with Crippen LogP contribution in [-0.4, -0.2) is 42.2 Å². The summed E-state index contributed by atoms with van der Waals surface area (Å²) < 4.78 is 5.18. The largest absolute Gasteiger partial charge is 0.497 e. The Kier molecular flexibility index (Phi) is 7.53. The molecule has 1 aromatic carbocycles. The Labute approximate surface area is 192 Å². The number of nitrogens with one attached hydrogen (secondary N) is 2. The van der Waals surface area contributed by atoms with Gasteiger partial charge in [0.05, 0.1) is 13.2 Å². The number of carbonyl (C=O) groups excluding carboxylic acids is 2. The summed E-state index contributed by atoms with van der Waals surface area (Å²) in [4.78, 5) is 25.5. The third-order valence-corrected chi connectivity index (χ3v) is 8.04. The van der Waals surface area contributed by atoms with Gasteiger partial charge < -0.3 is 20.5 Å². The van der Waals surface area contributed by atoms with Gasteiger partial charge in [0.25, 0.3) is 5.91 Å². The number of fused-ring (bicyclic) bond motifs is 1. The number of rotatable bonds is 6. The molecule has 1 aromatic rings. The molecular formula is C26H40N2O4. The zero-order chi connectivity index (χ0) is 23.6.